The molecular formula is C18H26N6O2. The first kappa shape index (κ1) is 18.2. The van der Waals surface area contributed by atoms with E-state index >= 15 is 0 Å². The number of aromatic nitrogens is 4. The molecule has 2 amide bonds. The molecule has 1 aliphatic heterocycles. The van der Waals surface area contributed by atoms with Crippen molar-refractivity contribution in [3.05, 3.63) is 36.4 Å². The number of hydrogen-bond donors (Lipinski definition) is 1. The van der Waals surface area contributed by atoms with Gasteiger partial charge in [0.25, 0.3) is 5.91 Å². The molecule has 8 heteroatoms. The summed E-state index contributed by atoms with van der Waals surface area (Å²) >= 11 is 0. The molecule has 0 aliphatic carbocycles. The number of nitrogens with one attached hydrogen (secondary N) is 1. The summed E-state index contributed by atoms with van der Waals surface area (Å²) in [5.74, 6) is 0.859. The lowest BCUT2D eigenvalue weighted by molar-refractivity contribution is -0.137. The number of likely N-dealkylation sites (tertiary alicyclic amines) is 1. The van der Waals surface area contributed by atoms with Crippen LogP contribution in [0.1, 0.15) is 55.1 Å². The first-order valence-corrected chi connectivity index (χ1v) is 8.93. The van der Waals surface area contributed by atoms with Crippen molar-refractivity contribution in [3.63, 3.8) is 0 Å². The second kappa shape index (κ2) is 7.31. The van der Waals surface area contributed by atoms with E-state index in [2.05, 4.69) is 15.3 Å². The summed E-state index contributed by atoms with van der Waals surface area (Å²) in [6.45, 7) is 4.55. The molecule has 3 heterocycles. The molecule has 0 unspecified atom stereocenters. The Hall–Kier alpha value is -2.64. The van der Waals surface area contributed by atoms with Crippen LogP contribution in [-0.2, 0) is 11.8 Å². The number of imidazole rings is 2. The molecule has 140 valence electrons. The van der Waals surface area contributed by atoms with Gasteiger partial charge >= 0.3 is 0 Å². The third kappa shape index (κ3) is 3.49. The fourth-order valence-corrected chi connectivity index (χ4v) is 3.43. The SMILES string of the molecule is CC(C)n1cnc(C(=O)NC[C@H]2CCC(=O)N(C)[C@@H]2c2nccn2C)c1. The maximum atomic E-state index is 12.4. The van der Waals surface area contributed by atoms with Crippen molar-refractivity contribution in [2.75, 3.05) is 13.6 Å². The van der Waals surface area contributed by atoms with E-state index in [1.165, 1.54) is 0 Å². The second-order valence-corrected chi connectivity index (χ2v) is 7.15. The van der Waals surface area contributed by atoms with Gasteiger partial charge in [0.1, 0.15) is 11.5 Å². The Kier molecular flexibility index (Phi) is 5.11. The number of amides is 2. The Morgan fingerprint density at radius 2 is 2.12 bits per heavy atom. The largest absolute Gasteiger partial charge is 0.350 e. The quantitative estimate of drug-likeness (QED) is 0.878. The first-order valence-electron chi connectivity index (χ1n) is 8.93. The maximum absolute atomic E-state index is 12.4. The molecule has 1 saturated heterocycles. The minimum absolute atomic E-state index is 0.106. The van der Waals surface area contributed by atoms with E-state index in [1.807, 2.05) is 36.2 Å². The van der Waals surface area contributed by atoms with E-state index < -0.39 is 0 Å². The molecule has 0 radical (unpaired) electrons. The highest BCUT2D eigenvalue weighted by Crippen LogP contribution is 2.34. The van der Waals surface area contributed by atoms with Crippen LogP contribution in [0.4, 0.5) is 0 Å². The Morgan fingerprint density at radius 3 is 2.73 bits per heavy atom. The van der Waals surface area contributed by atoms with Crippen molar-refractivity contribution < 1.29 is 9.59 Å². The van der Waals surface area contributed by atoms with Gasteiger partial charge in [-0.1, -0.05) is 0 Å². The summed E-state index contributed by atoms with van der Waals surface area (Å²) in [6.07, 6.45) is 8.24. The van der Waals surface area contributed by atoms with Crippen LogP contribution in [-0.4, -0.2) is 49.4 Å². The van der Waals surface area contributed by atoms with Crippen LogP contribution in [0.15, 0.2) is 24.9 Å². The van der Waals surface area contributed by atoms with Crippen LogP contribution in [0.5, 0.6) is 0 Å². The average Bonchev–Trinajstić information content (AvgIpc) is 3.25. The van der Waals surface area contributed by atoms with Crippen molar-refractivity contribution in [3.8, 4) is 0 Å². The van der Waals surface area contributed by atoms with Crippen LogP contribution in [0.2, 0.25) is 0 Å². The Labute approximate surface area is 153 Å². The van der Waals surface area contributed by atoms with Crippen LogP contribution < -0.4 is 5.32 Å². The zero-order valence-corrected chi connectivity index (χ0v) is 15.7. The van der Waals surface area contributed by atoms with Crippen molar-refractivity contribution in [1.82, 2.24) is 29.3 Å². The van der Waals surface area contributed by atoms with E-state index in [-0.39, 0.29) is 29.8 Å². The highest BCUT2D eigenvalue weighted by Gasteiger charge is 2.37. The van der Waals surface area contributed by atoms with Gasteiger partial charge in [-0.2, -0.15) is 0 Å². The van der Waals surface area contributed by atoms with E-state index in [1.54, 1.807) is 30.7 Å². The highest BCUT2D eigenvalue weighted by atomic mass is 16.2. The van der Waals surface area contributed by atoms with Crippen LogP contribution in [0, 0.1) is 5.92 Å². The molecule has 2 atom stereocenters. The van der Waals surface area contributed by atoms with E-state index in [9.17, 15) is 9.59 Å². The molecule has 0 bridgehead atoms. The van der Waals surface area contributed by atoms with Crippen molar-refractivity contribution in [1.29, 1.82) is 0 Å². The minimum atomic E-state index is -0.192. The average molecular weight is 358 g/mol. The van der Waals surface area contributed by atoms with Gasteiger partial charge in [0, 0.05) is 57.6 Å². The zero-order chi connectivity index (χ0) is 18.8. The van der Waals surface area contributed by atoms with Crippen LogP contribution >= 0.6 is 0 Å². The smallest absolute Gasteiger partial charge is 0.271 e. The summed E-state index contributed by atoms with van der Waals surface area (Å²) in [5, 5.41) is 2.98. The standard InChI is InChI=1S/C18H26N6O2/c1-12(2)24-10-14(21-11-24)18(26)20-9-13-5-6-15(25)23(4)16(13)17-19-7-8-22(17)3/h7-8,10-13,16H,5-6,9H2,1-4H3,(H,20,26)/t13-,16+/m1/s1. The Morgan fingerprint density at radius 1 is 1.35 bits per heavy atom. The Balaban J connectivity index is 1.71. The molecule has 1 aliphatic rings. The molecule has 2 aromatic rings. The van der Waals surface area contributed by atoms with Gasteiger partial charge in [-0.15, -0.1) is 0 Å². The number of nitrogens with zero attached hydrogens (tertiary/aromatic N) is 5. The van der Waals surface area contributed by atoms with Gasteiger partial charge in [0.05, 0.1) is 12.4 Å². The first-order chi connectivity index (χ1) is 12.4. The molecule has 2 aromatic heterocycles. The van der Waals surface area contributed by atoms with Gasteiger partial charge in [0.2, 0.25) is 5.91 Å². The van der Waals surface area contributed by atoms with Crippen LogP contribution in [0.3, 0.4) is 0 Å². The number of rotatable bonds is 5. The van der Waals surface area contributed by atoms with Gasteiger partial charge in [-0.05, 0) is 20.3 Å². The topological polar surface area (TPSA) is 85.1 Å². The lowest BCUT2D eigenvalue weighted by Crippen LogP contribution is -2.45. The van der Waals surface area contributed by atoms with Crippen molar-refractivity contribution in [2.24, 2.45) is 13.0 Å². The molecule has 26 heavy (non-hydrogen) atoms. The minimum Gasteiger partial charge on any atom is -0.350 e. The van der Waals surface area contributed by atoms with Crippen LogP contribution in [0.25, 0.3) is 0 Å². The third-order valence-corrected chi connectivity index (χ3v) is 5.06. The predicted octanol–water partition coefficient (Wildman–Crippen LogP) is 1.54. The van der Waals surface area contributed by atoms with Crippen molar-refractivity contribution >= 4 is 11.8 Å². The monoisotopic (exact) mass is 358 g/mol. The Bertz CT molecular complexity index is 793. The van der Waals surface area contributed by atoms with E-state index in [0.717, 1.165) is 12.2 Å². The molecule has 3 rings (SSSR count). The third-order valence-electron chi connectivity index (χ3n) is 5.06. The fourth-order valence-electron chi connectivity index (χ4n) is 3.43. The number of piperidine rings is 1. The highest BCUT2D eigenvalue weighted by molar-refractivity contribution is 5.92. The molecule has 0 aromatic carbocycles. The number of aryl methyl sites for hydroxylation is 1. The van der Waals surface area contributed by atoms with E-state index in [4.69, 9.17) is 0 Å². The van der Waals surface area contributed by atoms with Gasteiger partial charge in [-0.25, -0.2) is 9.97 Å². The van der Waals surface area contributed by atoms with Gasteiger partial charge in [-0.3, -0.25) is 9.59 Å². The predicted molar refractivity (Wildman–Crippen MR) is 96.4 cm³/mol. The lowest BCUT2D eigenvalue weighted by atomic mass is 9.88. The summed E-state index contributed by atoms with van der Waals surface area (Å²) in [4.78, 5) is 35.0. The molecule has 8 nitrogen and oxygen atoms in total. The summed E-state index contributed by atoms with van der Waals surface area (Å²) in [6, 6.07) is 0.111. The molecule has 1 N–H and O–H groups in total. The molecule has 0 spiro atoms. The number of carbonyl (C=O) groups is 2. The lowest BCUT2D eigenvalue weighted by Gasteiger charge is -2.38. The van der Waals surface area contributed by atoms with Gasteiger partial charge in [0.15, 0.2) is 0 Å². The maximum Gasteiger partial charge on any atom is 0.271 e. The molecule has 0 saturated carbocycles. The second-order valence-electron chi connectivity index (χ2n) is 7.15. The van der Waals surface area contributed by atoms with E-state index in [0.29, 0.717) is 18.7 Å². The summed E-state index contributed by atoms with van der Waals surface area (Å²) in [7, 11) is 3.73. The number of hydrogen-bond acceptors (Lipinski definition) is 4. The molecular weight excluding hydrogens is 332 g/mol. The summed E-state index contributed by atoms with van der Waals surface area (Å²) < 4.78 is 3.83. The summed E-state index contributed by atoms with van der Waals surface area (Å²) in [5.41, 5.74) is 0.410. The molecule has 1 fully saturated rings. The van der Waals surface area contributed by atoms with Crippen molar-refractivity contribution in [2.45, 2.75) is 38.8 Å². The zero-order valence-electron chi connectivity index (χ0n) is 15.7. The normalized spacial score (nSPS) is 20.7. The fraction of sp³-hybridized carbons (Fsp3) is 0.556. The number of carbonyl (C=O) groups excluding carboxylic acids is 2. The van der Waals surface area contributed by atoms with Gasteiger partial charge < -0.3 is 19.4 Å².